The van der Waals surface area contributed by atoms with Gasteiger partial charge >= 0.3 is 5.97 Å². The minimum atomic E-state index is -0.628. The number of nitro benzene ring substituents is 1. The summed E-state index contributed by atoms with van der Waals surface area (Å²) in [5, 5.41) is 12.2. The van der Waals surface area contributed by atoms with E-state index >= 15 is 0 Å². The summed E-state index contributed by atoms with van der Waals surface area (Å²) in [5.41, 5.74) is 1.80. The molecule has 0 aromatic heterocycles. The summed E-state index contributed by atoms with van der Waals surface area (Å²) < 4.78 is 5.57. The van der Waals surface area contributed by atoms with Gasteiger partial charge in [-0.3, -0.25) is 10.1 Å². The van der Waals surface area contributed by atoms with Gasteiger partial charge in [0.15, 0.2) is 0 Å². The van der Waals surface area contributed by atoms with E-state index in [2.05, 4.69) is 18.7 Å². The number of carbonyl (C=O) groups is 1. The molecule has 0 bridgehead atoms. The molecule has 2 aromatic carbocycles. The Balaban J connectivity index is 2.05. The van der Waals surface area contributed by atoms with Gasteiger partial charge in [0.2, 0.25) is 0 Å². The molecule has 1 aliphatic carbocycles. The highest BCUT2D eigenvalue weighted by molar-refractivity contribution is 5.98. The van der Waals surface area contributed by atoms with E-state index in [-0.39, 0.29) is 10.6 Å². The van der Waals surface area contributed by atoms with Gasteiger partial charge in [-0.05, 0) is 62.8 Å². The molecule has 0 saturated heterocycles. The normalized spacial score (nSPS) is 14.8. The number of esters is 1. The molecule has 0 heterocycles. The lowest BCUT2D eigenvalue weighted by molar-refractivity contribution is -0.384. The molecule has 1 aliphatic rings. The van der Waals surface area contributed by atoms with Crippen molar-refractivity contribution in [3.63, 3.8) is 0 Å². The van der Waals surface area contributed by atoms with E-state index in [0.29, 0.717) is 34.3 Å². The molecular weight excluding hydrogens is 416 g/mol. The third-order valence-electron chi connectivity index (χ3n) is 5.92. The maximum atomic E-state index is 12.8. The van der Waals surface area contributed by atoms with Crippen LogP contribution >= 0.6 is 0 Å². The first-order valence-corrected chi connectivity index (χ1v) is 11.9. The minimum Gasteiger partial charge on any atom is -0.456 e. The quantitative estimate of drug-likeness (QED) is 0.257. The van der Waals surface area contributed by atoms with E-state index in [4.69, 9.17) is 4.74 Å². The fraction of sp³-hybridized carbons (Fsp3) is 0.519. The fourth-order valence-electron chi connectivity index (χ4n) is 4.56. The van der Waals surface area contributed by atoms with Crippen molar-refractivity contribution >= 4 is 17.3 Å². The standard InChI is InChI=1S/C27H36N2O4/c1-19(2)18-28(21-11-7-6-8-12-21)24-16-15-20(17-25(24)29(31)32)22-13-9-10-14-23(22)26(30)33-27(3,4)5/h9-10,13-17,19,21H,6-8,11-12,18H2,1-5H3. The van der Waals surface area contributed by atoms with Crippen LogP contribution in [0.1, 0.15) is 77.1 Å². The largest absolute Gasteiger partial charge is 0.456 e. The summed E-state index contributed by atoms with van der Waals surface area (Å²) in [5.74, 6) is -0.0485. The van der Waals surface area contributed by atoms with E-state index in [9.17, 15) is 14.9 Å². The van der Waals surface area contributed by atoms with Crippen molar-refractivity contribution in [3.8, 4) is 11.1 Å². The summed E-state index contributed by atoms with van der Waals surface area (Å²) in [6.45, 7) is 10.5. The molecule has 0 radical (unpaired) electrons. The predicted octanol–water partition coefficient (Wildman–Crippen LogP) is 7.01. The lowest BCUT2D eigenvalue weighted by Crippen LogP contribution is -2.39. The Bertz CT molecular complexity index is 988. The number of carbonyl (C=O) groups excluding carboxylic acids is 1. The zero-order valence-corrected chi connectivity index (χ0v) is 20.5. The van der Waals surface area contributed by atoms with Crippen molar-refractivity contribution in [2.75, 3.05) is 11.4 Å². The molecule has 3 rings (SSSR count). The van der Waals surface area contributed by atoms with Crippen molar-refractivity contribution in [1.82, 2.24) is 0 Å². The monoisotopic (exact) mass is 452 g/mol. The van der Waals surface area contributed by atoms with Crippen LogP contribution in [-0.4, -0.2) is 29.1 Å². The van der Waals surface area contributed by atoms with Crippen LogP contribution in [0.4, 0.5) is 11.4 Å². The number of hydrogen-bond donors (Lipinski definition) is 0. The summed E-state index contributed by atoms with van der Waals surface area (Å²) >= 11 is 0. The zero-order valence-electron chi connectivity index (χ0n) is 20.5. The molecule has 1 saturated carbocycles. The molecule has 6 nitrogen and oxygen atoms in total. The second-order valence-corrected chi connectivity index (χ2v) is 10.3. The number of rotatable bonds is 7. The second-order valence-electron chi connectivity index (χ2n) is 10.3. The maximum Gasteiger partial charge on any atom is 0.339 e. The lowest BCUT2D eigenvalue weighted by Gasteiger charge is -2.37. The highest BCUT2D eigenvalue weighted by Crippen LogP contribution is 2.38. The Morgan fingerprint density at radius 3 is 2.39 bits per heavy atom. The van der Waals surface area contributed by atoms with E-state index < -0.39 is 11.6 Å². The van der Waals surface area contributed by atoms with Gasteiger partial charge in [-0.25, -0.2) is 4.79 Å². The molecule has 178 valence electrons. The SMILES string of the molecule is CC(C)CN(c1ccc(-c2ccccc2C(=O)OC(C)(C)C)cc1[N+](=O)[O-])C1CCCCC1. The Morgan fingerprint density at radius 1 is 1.12 bits per heavy atom. The average molecular weight is 453 g/mol. The molecule has 0 spiro atoms. The first-order chi connectivity index (χ1) is 15.6. The zero-order chi connectivity index (χ0) is 24.2. The third kappa shape index (κ3) is 6.34. The van der Waals surface area contributed by atoms with Gasteiger partial charge in [-0.2, -0.15) is 0 Å². The highest BCUT2D eigenvalue weighted by atomic mass is 16.6. The van der Waals surface area contributed by atoms with Gasteiger partial charge in [0.25, 0.3) is 5.69 Å². The molecule has 0 N–H and O–H groups in total. The van der Waals surface area contributed by atoms with Gasteiger partial charge in [0, 0.05) is 18.7 Å². The third-order valence-corrected chi connectivity index (χ3v) is 5.92. The van der Waals surface area contributed by atoms with Crippen molar-refractivity contribution in [1.29, 1.82) is 0 Å². The van der Waals surface area contributed by atoms with Crippen molar-refractivity contribution < 1.29 is 14.5 Å². The van der Waals surface area contributed by atoms with Crippen molar-refractivity contribution in [2.24, 2.45) is 5.92 Å². The van der Waals surface area contributed by atoms with E-state index in [0.717, 1.165) is 32.2 Å². The Hall–Kier alpha value is -2.89. The maximum absolute atomic E-state index is 12.8. The number of nitro groups is 1. The first-order valence-electron chi connectivity index (χ1n) is 11.9. The van der Waals surface area contributed by atoms with Crippen LogP contribution in [0.5, 0.6) is 0 Å². The summed E-state index contributed by atoms with van der Waals surface area (Å²) in [7, 11) is 0. The van der Waals surface area contributed by atoms with Gasteiger partial charge < -0.3 is 9.64 Å². The molecule has 0 unspecified atom stereocenters. The highest BCUT2D eigenvalue weighted by Gasteiger charge is 2.29. The van der Waals surface area contributed by atoms with Crippen LogP contribution in [0.3, 0.4) is 0 Å². The molecule has 33 heavy (non-hydrogen) atoms. The van der Waals surface area contributed by atoms with Crippen LogP contribution in [0.2, 0.25) is 0 Å². The lowest BCUT2D eigenvalue weighted by atomic mass is 9.92. The van der Waals surface area contributed by atoms with Crippen molar-refractivity contribution in [3.05, 3.63) is 58.1 Å². The van der Waals surface area contributed by atoms with Crippen molar-refractivity contribution in [2.45, 2.75) is 78.4 Å². The van der Waals surface area contributed by atoms with E-state index in [1.165, 1.54) is 6.42 Å². The number of benzene rings is 2. The van der Waals surface area contributed by atoms with Crippen LogP contribution in [0.15, 0.2) is 42.5 Å². The average Bonchev–Trinajstić information content (AvgIpc) is 2.76. The van der Waals surface area contributed by atoms with Gasteiger partial charge in [-0.1, -0.05) is 57.4 Å². The molecule has 6 heteroatoms. The van der Waals surface area contributed by atoms with Crippen LogP contribution in [0, 0.1) is 16.0 Å². The Morgan fingerprint density at radius 2 is 1.79 bits per heavy atom. The number of nitrogens with zero attached hydrogens (tertiary/aromatic N) is 2. The second kappa shape index (κ2) is 10.4. The first kappa shape index (κ1) is 24.7. The Kier molecular flexibility index (Phi) is 7.77. The van der Waals surface area contributed by atoms with Gasteiger partial charge in [-0.15, -0.1) is 0 Å². The minimum absolute atomic E-state index is 0.0812. The molecule has 0 aliphatic heterocycles. The number of anilines is 1. The van der Waals surface area contributed by atoms with Crippen LogP contribution in [0.25, 0.3) is 11.1 Å². The molecule has 2 aromatic rings. The molecular formula is C27H36N2O4. The van der Waals surface area contributed by atoms with Crippen LogP contribution in [-0.2, 0) is 4.74 Å². The predicted molar refractivity (Wildman–Crippen MR) is 133 cm³/mol. The summed E-state index contributed by atoms with van der Waals surface area (Å²) in [4.78, 5) is 26.9. The summed E-state index contributed by atoms with van der Waals surface area (Å²) in [6, 6.07) is 12.8. The Labute approximate surface area is 197 Å². The van der Waals surface area contributed by atoms with E-state index in [1.54, 1.807) is 18.2 Å². The van der Waals surface area contributed by atoms with Gasteiger partial charge in [0.05, 0.1) is 10.5 Å². The number of hydrogen-bond acceptors (Lipinski definition) is 5. The number of ether oxygens (including phenoxy) is 1. The fourth-order valence-corrected chi connectivity index (χ4v) is 4.56. The smallest absolute Gasteiger partial charge is 0.339 e. The topological polar surface area (TPSA) is 72.7 Å². The van der Waals surface area contributed by atoms with Gasteiger partial charge in [0.1, 0.15) is 11.3 Å². The van der Waals surface area contributed by atoms with E-state index in [1.807, 2.05) is 45.0 Å². The molecule has 0 amide bonds. The molecule has 0 atom stereocenters. The summed E-state index contributed by atoms with van der Waals surface area (Å²) in [6.07, 6.45) is 5.68. The molecule has 1 fully saturated rings. The van der Waals surface area contributed by atoms with Crippen LogP contribution < -0.4 is 4.90 Å².